The Morgan fingerprint density at radius 2 is 1.50 bits per heavy atom. The zero-order valence-electron chi connectivity index (χ0n) is 17.1. The molecule has 0 saturated carbocycles. The Kier molecular flexibility index (Phi) is 7.55. The molecule has 0 fully saturated rings. The molecule has 2 rings (SSSR count). The van der Waals surface area contributed by atoms with Gasteiger partial charge in [0.1, 0.15) is 5.75 Å². The number of aromatic nitrogens is 1. The lowest BCUT2D eigenvalue weighted by atomic mass is 9.92. The summed E-state index contributed by atoms with van der Waals surface area (Å²) in [5.74, 6) is -0.378. The van der Waals surface area contributed by atoms with Crippen molar-refractivity contribution in [2.75, 3.05) is 19.8 Å². The monoisotopic (exact) mass is 385 g/mol. The zero-order valence-corrected chi connectivity index (χ0v) is 17.1. The smallest absolute Gasteiger partial charge is 0.340 e. The van der Waals surface area contributed by atoms with Gasteiger partial charge in [-0.3, -0.25) is 4.98 Å². The molecule has 0 aliphatic heterocycles. The van der Waals surface area contributed by atoms with Gasteiger partial charge in [-0.05, 0) is 51.8 Å². The standard InChI is InChI=1S/C22H27NO5/c1-6-12-28-17-11-9-10-16(13-17)20-18(21(24)26-7-2)14(4)23-15(5)19(20)22(25)27-8-3/h9-11,13H,6-8,12H2,1-5H3. The summed E-state index contributed by atoms with van der Waals surface area (Å²) < 4.78 is 16.2. The molecule has 6 heteroatoms. The summed E-state index contributed by atoms with van der Waals surface area (Å²) >= 11 is 0. The first-order chi connectivity index (χ1) is 13.4. The molecule has 0 atom stereocenters. The van der Waals surface area contributed by atoms with Crippen molar-refractivity contribution in [3.63, 3.8) is 0 Å². The number of carbonyl (C=O) groups is 2. The molecule has 1 aromatic carbocycles. The second-order valence-electron chi connectivity index (χ2n) is 6.22. The first-order valence-corrected chi connectivity index (χ1v) is 9.53. The number of esters is 2. The van der Waals surface area contributed by atoms with E-state index in [1.807, 2.05) is 31.2 Å². The van der Waals surface area contributed by atoms with Crippen LogP contribution in [0.4, 0.5) is 0 Å². The average Bonchev–Trinajstić information content (AvgIpc) is 2.66. The predicted octanol–water partition coefficient (Wildman–Crippen LogP) is 4.51. The highest BCUT2D eigenvalue weighted by Crippen LogP contribution is 2.34. The predicted molar refractivity (Wildman–Crippen MR) is 107 cm³/mol. The van der Waals surface area contributed by atoms with E-state index in [1.54, 1.807) is 27.7 Å². The number of nitrogens with zero attached hydrogens (tertiary/aromatic N) is 1. The van der Waals surface area contributed by atoms with Crippen LogP contribution in [0.25, 0.3) is 11.1 Å². The van der Waals surface area contributed by atoms with Crippen molar-refractivity contribution in [3.8, 4) is 16.9 Å². The van der Waals surface area contributed by atoms with Crippen LogP contribution in [0.3, 0.4) is 0 Å². The van der Waals surface area contributed by atoms with Gasteiger partial charge in [-0.1, -0.05) is 19.1 Å². The van der Waals surface area contributed by atoms with Gasteiger partial charge in [-0.15, -0.1) is 0 Å². The van der Waals surface area contributed by atoms with E-state index in [0.29, 0.717) is 34.9 Å². The van der Waals surface area contributed by atoms with Crippen LogP contribution in [0, 0.1) is 13.8 Å². The highest BCUT2D eigenvalue weighted by Gasteiger charge is 2.27. The topological polar surface area (TPSA) is 74.7 Å². The average molecular weight is 385 g/mol. The fourth-order valence-electron chi connectivity index (χ4n) is 3.01. The van der Waals surface area contributed by atoms with Crippen LogP contribution >= 0.6 is 0 Å². The number of rotatable bonds is 8. The maximum atomic E-state index is 12.7. The maximum absolute atomic E-state index is 12.7. The zero-order chi connectivity index (χ0) is 20.7. The normalized spacial score (nSPS) is 10.5. The largest absolute Gasteiger partial charge is 0.494 e. The molecular weight excluding hydrogens is 358 g/mol. The SMILES string of the molecule is CCCOc1cccc(-c2c(C(=O)OCC)c(C)nc(C)c2C(=O)OCC)c1. The van der Waals surface area contributed by atoms with Crippen LogP contribution in [-0.2, 0) is 9.47 Å². The maximum Gasteiger partial charge on any atom is 0.340 e. The summed E-state index contributed by atoms with van der Waals surface area (Å²) in [4.78, 5) is 29.8. The Balaban J connectivity index is 2.77. The van der Waals surface area contributed by atoms with Crippen molar-refractivity contribution in [2.45, 2.75) is 41.0 Å². The summed E-state index contributed by atoms with van der Waals surface area (Å²) in [6.45, 7) is 9.98. The Bertz CT molecular complexity index is 818. The van der Waals surface area contributed by atoms with Gasteiger partial charge in [0, 0.05) is 5.56 Å². The van der Waals surface area contributed by atoms with E-state index < -0.39 is 11.9 Å². The van der Waals surface area contributed by atoms with Gasteiger partial charge in [0.25, 0.3) is 0 Å². The Labute approximate surface area is 165 Å². The summed E-state index contributed by atoms with van der Waals surface area (Å²) in [6.07, 6.45) is 0.875. The molecule has 0 N–H and O–H groups in total. The molecule has 6 nitrogen and oxygen atoms in total. The number of benzene rings is 1. The molecule has 150 valence electrons. The Morgan fingerprint density at radius 1 is 0.929 bits per heavy atom. The first kappa shape index (κ1) is 21.4. The van der Waals surface area contributed by atoms with Gasteiger partial charge in [0.05, 0.1) is 42.3 Å². The van der Waals surface area contributed by atoms with Gasteiger partial charge in [0.15, 0.2) is 0 Å². The van der Waals surface area contributed by atoms with Gasteiger partial charge in [0.2, 0.25) is 0 Å². The van der Waals surface area contributed by atoms with Crippen molar-refractivity contribution in [2.24, 2.45) is 0 Å². The van der Waals surface area contributed by atoms with E-state index in [4.69, 9.17) is 14.2 Å². The second-order valence-corrected chi connectivity index (χ2v) is 6.22. The molecule has 2 aromatic rings. The fraction of sp³-hybridized carbons (Fsp3) is 0.409. The van der Waals surface area contributed by atoms with Gasteiger partial charge >= 0.3 is 11.9 Å². The number of hydrogen-bond donors (Lipinski definition) is 0. The van der Waals surface area contributed by atoms with Crippen LogP contribution in [0.5, 0.6) is 5.75 Å². The summed E-state index contributed by atoms with van der Waals surface area (Å²) in [6, 6.07) is 7.32. The summed E-state index contributed by atoms with van der Waals surface area (Å²) in [5, 5.41) is 0. The van der Waals surface area contributed by atoms with Gasteiger partial charge in [-0.25, -0.2) is 9.59 Å². The molecule has 0 amide bonds. The molecule has 0 spiro atoms. The highest BCUT2D eigenvalue weighted by molar-refractivity contribution is 6.07. The van der Waals surface area contributed by atoms with Crippen molar-refractivity contribution in [1.29, 1.82) is 0 Å². The molecule has 1 heterocycles. The molecule has 0 saturated heterocycles. The van der Waals surface area contributed by atoms with E-state index in [2.05, 4.69) is 4.98 Å². The number of ether oxygens (including phenoxy) is 3. The third-order valence-corrected chi connectivity index (χ3v) is 4.11. The van der Waals surface area contributed by atoms with Crippen LogP contribution in [-0.4, -0.2) is 36.7 Å². The minimum Gasteiger partial charge on any atom is -0.494 e. The molecule has 0 bridgehead atoms. The molecule has 28 heavy (non-hydrogen) atoms. The third-order valence-electron chi connectivity index (χ3n) is 4.11. The van der Waals surface area contributed by atoms with E-state index >= 15 is 0 Å². The van der Waals surface area contributed by atoms with Crippen LogP contribution in [0.2, 0.25) is 0 Å². The summed E-state index contributed by atoms with van der Waals surface area (Å²) in [7, 11) is 0. The fourth-order valence-corrected chi connectivity index (χ4v) is 3.01. The number of hydrogen-bond acceptors (Lipinski definition) is 6. The second kappa shape index (κ2) is 9.88. The number of pyridine rings is 1. The van der Waals surface area contributed by atoms with Crippen LogP contribution in [0.1, 0.15) is 59.3 Å². The van der Waals surface area contributed by atoms with E-state index in [9.17, 15) is 9.59 Å². The van der Waals surface area contributed by atoms with Crippen molar-refractivity contribution in [3.05, 3.63) is 46.8 Å². The van der Waals surface area contributed by atoms with E-state index in [0.717, 1.165) is 6.42 Å². The molecule has 1 aromatic heterocycles. The number of aryl methyl sites for hydroxylation is 2. The minimum atomic E-state index is -0.520. The Morgan fingerprint density at radius 3 is 2.00 bits per heavy atom. The molecule has 0 unspecified atom stereocenters. The number of carbonyl (C=O) groups excluding carboxylic acids is 2. The highest BCUT2D eigenvalue weighted by atomic mass is 16.5. The Hall–Kier alpha value is -2.89. The third kappa shape index (κ3) is 4.68. The lowest BCUT2D eigenvalue weighted by Gasteiger charge is -2.18. The lowest BCUT2D eigenvalue weighted by Crippen LogP contribution is -2.17. The van der Waals surface area contributed by atoms with Crippen LogP contribution in [0.15, 0.2) is 24.3 Å². The van der Waals surface area contributed by atoms with Gasteiger partial charge < -0.3 is 14.2 Å². The minimum absolute atomic E-state index is 0.222. The molecule has 0 aliphatic carbocycles. The quantitative estimate of drug-likeness (QED) is 0.623. The van der Waals surface area contributed by atoms with Crippen molar-refractivity contribution < 1.29 is 23.8 Å². The van der Waals surface area contributed by atoms with Crippen molar-refractivity contribution >= 4 is 11.9 Å². The summed E-state index contributed by atoms with van der Waals surface area (Å²) in [5.41, 5.74) is 2.67. The van der Waals surface area contributed by atoms with E-state index in [-0.39, 0.29) is 24.3 Å². The van der Waals surface area contributed by atoms with E-state index in [1.165, 1.54) is 0 Å². The lowest BCUT2D eigenvalue weighted by molar-refractivity contribution is 0.0525. The van der Waals surface area contributed by atoms with Crippen molar-refractivity contribution in [1.82, 2.24) is 4.98 Å². The molecule has 0 aliphatic rings. The molecular formula is C22H27NO5. The molecule has 0 radical (unpaired) electrons. The first-order valence-electron chi connectivity index (χ1n) is 9.53. The van der Waals surface area contributed by atoms with Gasteiger partial charge in [-0.2, -0.15) is 0 Å². The van der Waals surface area contributed by atoms with Crippen LogP contribution < -0.4 is 4.74 Å².